The number of hydrogen-bond donors (Lipinski definition) is 2. The molecular weight excluding hydrogens is 408 g/mol. The van der Waals surface area contributed by atoms with E-state index in [-0.39, 0.29) is 30.2 Å². The fourth-order valence-electron chi connectivity index (χ4n) is 2.99. The number of nitrogens with one attached hydrogen (secondary N) is 2. The molecule has 0 heterocycles. The van der Waals surface area contributed by atoms with Crippen molar-refractivity contribution in [1.82, 2.24) is 5.32 Å². The number of ketones is 1. The molecule has 0 spiro atoms. The summed E-state index contributed by atoms with van der Waals surface area (Å²) in [5.41, 5.74) is 2.27. The number of para-hydroxylation sites is 1. The number of aryl methyl sites for hydroxylation is 1. The molecule has 0 bridgehead atoms. The zero-order chi connectivity index (χ0) is 22.9. The Hall–Kier alpha value is -4.13. The van der Waals surface area contributed by atoms with Crippen LogP contribution in [0.5, 0.6) is 11.5 Å². The average Bonchev–Trinajstić information content (AvgIpc) is 2.82. The Morgan fingerprint density at radius 2 is 1.59 bits per heavy atom. The van der Waals surface area contributed by atoms with Crippen molar-refractivity contribution in [3.8, 4) is 11.5 Å². The highest BCUT2D eigenvalue weighted by Gasteiger charge is 2.15. The van der Waals surface area contributed by atoms with Gasteiger partial charge in [0.1, 0.15) is 11.5 Å². The van der Waals surface area contributed by atoms with Gasteiger partial charge in [0.15, 0.2) is 12.4 Å². The van der Waals surface area contributed by atoms with Crippen LogP contribution in [0.1, 0.15) is 26.3 Å². The molecule has 0 fully saturated rings. The SMILES string of the molecule is COc1cc(C)ccc1NC(=O)COc1ccccc1C(=O)NCC(=O)c1ccccc1. The second kappa shape index (κ2) is 10.8. The van der Waals surface area contributed by atoms with Crippen LogP contribution >= 0.6 is 0 Å². The van der Waals surface area contributed by atoms with Crippen LogP contribution < -0.4 is 20.1 Å². The Kier molecular flexibility index (Phi) is 7.59. The summed E-state index contributed by atoms with van der Waals surface area (Å²) < 4.78 is 10.9. The lowest BCUT2D eigenvalue weighted by Gasteiger charge is -2.13. The number of Topliss-reactive ketones (excluding diaryl/α,β-unsaturated/α-hetero) is 1. The number of ether oxygens (including phenoxy) is 2. The fraction of sp³-hybridized carbons (Fsp3) is 0.160. The molecule has 7 heteroatoms. The molecule has 164 valence electrons. The van der Waals surface area contributed by atoms with Crippen LogP contribution in [0.25, 0.3) is 0 Å². The fourth-order valence-corrected chi connectivity index (χ4v) is 2.99. The smallest absolute Gasteiger partial charge is 0.262 e. The minimum absolute atomic E-state index is 0.148. The monoisotopic (exact) mass is 432 g/mol. The molecule has 0 aliphatic rings. The topological polar surface area (TPSA) is 93.7 Å². The number of carbonyl (C=O) groups excluding carboxylic acids is 3. The second-order valence-corrected chi connectivity index (χ2v) is 7.01. The van der Waals surface area contributed by atoms with Crippen molar-refractivity contribution in [1.29, 1.82) is 0 Å². The van der Waals surface area contributed by atoms with Crippen LogP contribution in [0, 0.1) is 6.92 Å². The van der Waals surface area contributed by atoms with Crippen LogP contribution in [0.3, 0.4) is 0 Å². The van der Waals surface area contributed by atoms with Gasteiger partial charge in [-0.25, -0.2) is 0 Å². The van der Waals surface area contributed by atoms with Gasteiger partial charge in [0.05, 0.1) is 24.9 Å². The lowest BCUT2D eigenvalue weighted by atomic mass is 10.1. The summed E-state index contributed by atoms with van der Waals surface area (Å²) in [5.74, 6) is -0.291. The molecule has 0 saturated heterocycles. The Labute approximate surface area is 186 Å². The van der Waals surface area contributed by atoms with Crippen molar-refractivity contribution in [2.24, 2.45) is 0 Å². The molecule has 0 saturated carbocycles. The van der Waals surface area contributed by atoms with Crippen LogP contribution in [0.4, 0.5) is 5.69 Å². The molecule has 0 aromatic heterocycles. The van der Waals surface area contributed by atoms with E-state index in [1.165, 1.54) is 7.11 Å². The lowest BCUT2D eigenvalue weighted by Crippen LogP contribution is -2.30. The lowest BCUT2D eigenvalue weighted by molar-refractivity contribution is -0.118. The number of carbonyl (C=O) groups is 3. The van der Waals surface area contributed by atoms with Crippen LogP contribution in [0.2, 0.25) is 0 Å². The van der Waals surface area contributed by atoms with E-state index >= 15 is 0 Å². The van der Waals surface area contributed by atoms with E-state index < -0.39 is 11.8 Å². The molecule has 3 aromatic carbocycles. The number of methoxy groups -OCH3 is 1. The predicted octanol–water partition coefficient (Wildman–Crippen LogP) is 3.63. The van der Waals surface area contributed by atoms with Gasteiger partial charge in [-0.05, 0) is 36.8 Å². The molecule has 2 amide bonds. The molecule has 7 nitrogen and oxygen atoms in total. The minimum Gasteiger partial charge on any atom is -0.495 e. The van der Waals surface area contributed by atoms with E-state index in [0.717, 1.165) is 5.56 Å². The van der Waals surface area contributed by atoms with E-state index in [1.807, 2.05) is 25.1 Å². The third kappa shape index (κ3) is 5.95. The zero-order valence-corrected chi connectivity index (χ0v) is 17.9. The summed E-state index contributed by atoms with van der Waals surface area (Å²) >= 11 is 0. The largest absolute Gasteiger partial charge is 0.495 e. The van der Waals surface area contributed by atoms with E-state index in [2.05, 4.69) is 10.6 Å². The predicted molar refractivity (Wildman–Crippen MR) is 121 cm³/mol. The van der Waals surface area contributed by atoms with Crippen LogP contribution in [0.15, 0.2) is 72.8 Å². The highest BCUT2D eigenvalue weighted by molar-refractivity contribution is 6.03. The summed E-state index contributed by atoms with van der Waals surface area (Å²) in [6.45, 7) is 1.47. The highest BCUT2D eigenvalue weighted by atomic mass is 16.5. The van der Waals surface area contributed by atoms with Crippen molar-refractivity contribution in [2.75, 3.05) is 25.6 Å². The summed E-state index contributed by atoms with van der Waals surface area (Å²) in [6.07, 6.45) is 0. The van der Waals surface area contributed by atoms with Crippen LogP contribution in [-0.2, 0) is 4.79 Å². The maximum atomic E-state index is 12.6. The molecule has 0 atom stereocenters. The maximum absolute atomic E-state index is 12.6. The van der Waals surface area contributed by atoms with Gasteiger partial charge in [0.2, 0.25) is 0 Å². The Morgan fingerprint density at radius 1 is 0.875 bits per heavy atom. The van der Waals surface area contributed by atoms with Crippen LogP contribution in [-0.4, -0.2) is 37.9 Å². The quantitative estimate of drug-likeness (QED) is 0.504. The first-order valence-corrected chi connectivity index (χ1v) is 10.0. The zero-order valence-electron chi connectivity index (χ0n) is 17.9. The number of amides is 2. The third-order valence-corrected chi connectivity index (χ3v) is 4.63. The molecule has 0 radical (unpaired) electrons. The van der Waals surface area contributed by atoms with E-state index in [0.29, 0.717) is 17.0 Å². The normalized spacial score (nSPS) is 10.2. The van der Waals surface area contributed by atoms with Gasteiger partial charge in [-0.1, -0.05) is 48.5 Å². The number of rotatable bonds is 9. The van der Waals surface area contributed by atoms with Crippen molar-refractivity contribution in [2.45, 2.75) is 6.92 Å². The standard InChI is InChI=1S/C25H24N2O5/c1-17-12-13-20(23(14-17)31-2)27-24(29)16-32-22-11-7-6-10-19(22)25(30)26-15-21(28)18-8-4-3-5-9-18/h3-14H,15-16H2,1-2H3,(H,26,30)(H,27,29). The average molecular weight is 432 g/mol. The summed E-state index contributed by atoms with van der Waals surface area (Å²) in [7, 11) is 1.53. The first kappa shape index (κ1) is 22.6. The molecule has 0 unspecified atom stereocenters. The number of hydrogen-bond acceptors (Lipinski definition) is 5. The first-order chi connectivity index (χ1) is 15.5. The van der Waals surface area contributed by atoms with E-state index in [1.54, 1.807) is 54.6 Å². The Bertz CT molecular complexity index is 1110. The van der Waals surface area contributed by atoms with Gasteiger partial charge >= 0.3 is 0 Å². The van der Waals surface area contributed by atoms with Gasteiger partial charge < -0.3 is 20.1 Å². The summed E-state index contributed by atoms with van der Waals surface area (Å²) in [5, 5.41) is 5.33. The van der Waals surface area contributed by atoms with Gasteiger partial charge in [0.25, 0.3) is 11.8 Å². The van der Waals surface area contributed by atoms with Crippen molar-refractivity contribution in [3.63, 3.8) is 0 Å². The van der Waals surface area contributed by atoms with Crippen molar-refractivity contribution in [3.05, 3.63) is 89.5 Å². The van der Waals surface area contributed by atoms with Gasteiger partial charge in [-0.2, -0.15) is 0 Å². The van der Waals surface area contributed by atoms with E-state index in [4.69, 9.17) is 9.47 Å². The molecule has 3 rings (SSSR count). The number of benzene rings is 3. The molecule has 3 aromatic rings. The summed E-state index contributed by atoms with van der Waals surface area (Å²) in [6, 6.07) is 20.7. The van der Waals surface area contributed by atoms with E-state index in [9.17, 15) is 14.4 Å². The highest BCUT2D eigenvalue weighted by Crippen LogP contribution is 2.25. The van der Waals surface area contributed by atoms with Crippen molar-refractivity contribution < 1.29 is 23.9 Å². The molecular formula is C25H24N2O5. The molecule has 32 heavy (non-hydrogen) atoms. The third-order valence-electron chi connectivity index (χ3n) is 4.63. The van der Waals surface area contributed by atoms with Gasteiger partial charge in [-0.3, -0.25) is 14.4 Å². The second-order valence-electron chi connectivity index (χ2n) is 7.01. The summed E-state index contributed by atoms with van der Waals surface area (Å²) in [4.78, 5) is 37.2. The van der Waals surface area contributed by atoms with Crippen molar-refractivity contribution >= 4 is 23.3 Å². The maximum Gasteiger partial charge on any atom is 0.262 e. The molecule has 0 aliphatic carbocycles. The molecule has 0 aliphatic heterocycles. The Morgan fingerprint density at radius 3 is 2.34 bits per heavy atom. The minimum atomic E-state index is -0.467. The van der Waals surface area contributed by atoms with Gasteiger partial charge in [0, 0.05) is 5.56 Å². The molecule has 2 N–H and O–H groups in total. The number of anilines is 1. The first-order valence-electron chi connectivity index (χ1n) is 10.0. The Balaban J connectivity index is 1.59. The van der Waals surface area contributed by atoms with Gasteiger partial charge in [-0.15, -0.1) is 0 Å².